The predicted molar refractivity (Wildman–Crippen MR) is 94.9 cm³/mol. The molecule has 0 unspecified atom stereocenters. The van der Waals surface area contributed by atoms with Crippen molar-refractivity contribution in [3.8, 4) is 0 Å². The normalized spacial score (nSPS) is 10.9. The molecule has 0 N–H and O–H groups in total. The number of imidazole rings is 2. The van der Waals surface area contributed by atoms with Gasteiger partial charge in [0.15, 0.2) is 16.4 Å². The first-order valence-electron chi connectivity index (χ1n) is 7.32. The second-order valence-corrected chi connectivity index (χ2v) is 6.35. The van der Waals surface area contributed by atoms with Crippen LogP contribution in [-0.4, -0.2) is 29.2 Å². The van der Waals surface area contributed by atoms with E-state index in [0.717, 1.165) is 33.8 Å². The topological polar surface area (TPSA) is 60.4 Å². The fourth-order valence-electron chi connectivity index (χ4n) is 2.31. The van der Waals surface area contributed by atoms with Crippen LogP contribution < -0.4 is 0 Å². The maximum atomic E-state index is 5.84. The molecule has 0 aromatic carbocycles. The average Bonchev–Trinajstić information content (AvgIpc) is 3.01. The Labute approximate surface area is 149 Å². The lowest BCUT2D eigenvalue weighted by atomic mass is 10.3. The van der Waals surface area contributed by atoms with Crippen molar-refractivity contribution in [2.45, 2.75) is 27.7 Å². The Kier molecular flexibility index (Phi) is 4.43. The monoisotopic (exact) mass is 362 g/mol. The zero-order chi connectivity index (χ0) is 17.4. The van der Waals surface area contributed by atoms with Gasteiger partial charge in [0.1, 0.15) is 5.15 Å². The van der Waals surface area contributed by atoms with E-state index >= 15 is 0 Å². The van der Waals surface area contributed by atoms with E-state index in [4.69, 9.17) is 23.2 Å². The molecule has 0 aliphatic carbocycles. The van der Waals surface area contributed by atoms with Crippen LogP contribution in [-0.2, 0) is 0 Å². The average molecular weight is 363 g/mol. The van der Waals surface area contributed by atoms with Crippen LogP contribution in [0.15, 0.2) is 24.5 Å². The van der Waals surface area contributed by atoms with Crippen LogP contribution in [0, 0.1) is 27.7 Å². The molecule has 0 aliphatic heterocycles. The van der Waals surface area contributed by atoms with Crippen LogP contribution in [0.2, 0.25) is 10.3 Å². The highest BCUT2D eigenvalue weighted by molar-refractivity contribution is 6.30. The largest absolute Gasteiger partial charge is 0.232 e. The molecule has 4 aromatic rings. The number of fused-ring (bicyclic) bond motifs is 2. The van der Waals surface area contributed by atoms with Crippen molar-refractivity contribution in [1.82, 2.24) is 29.2 Å². The molecule has 0 spiro atoms. The number of nitrogens with zero attached hydrogens (tertiary/aromatic N) is 6. The van der Waals surface area contributed by atoms with Gasteiger partial charge in [-0.3, -0.25) is 0 Å². The van der Waals surface area contributed by atoms with E-state index in [1.165, 1.54) is 0 Å². The number of aryl methyl sites for hydroxylation is 4. The summed E-state index contributed by atoms with van der Waals surface area (Å²) in [5.74, 6) is 0. The van der Waals surface area contributed by atoms with E-state index in [2.05, 4.69) is 20.2 Å². The number of halogens is 2. The standard InChI is InChI=1S/2C8H8ClN3/c1-5-3-7-10-6(2)4-12(7)11-8(5)9;1-5-3-7(9)11-12-4-6(2)10-8(5)12/h2*3-4H,1-2H3. The highest BCUT2D eigenvalue weighted by Crippen LogP contribution is 2.14. The first kappa shape index (κ1) is 16.7. The quantitative estimate of drug-likeness (QED) is 0.474. The third-order valence-electron chi connectivity index (χ3n) is 3.40. The summed E-state index contributed by atoms with van der Waals surface area (Å²) in [4.78, 5) is 8.55. The van der Waals surface area contributed by atoms with Gasteiger partial charge in [0.25, 0.3) is 0 Å². The summed E-state index contributed by atoms with van der Waals surface area (Å²) in [5, 5.41) is 9.22. The number of hydrogen-bond acceptors (Lipinski definition) is 4. The summed E-state index contributed by atoms with van der Waals surface area (Å²) in [7, 11) is 0. The van der Waals surface area contributed by atoms with E-state index in [9.17, 15) is 0 Å². The maximum Gasteiger partial charge on any atom is 0.156 e. The van der Waals surface area contributed by atoms with Crippen LogP contribution in [0.1, 0.15) is 22.5 Å². The van der Waals surface area contributed by atoms with Crippen LogP contribution in [0.4, 0.5) is 0 Å². The fourth-order valence-corrected chi connectivity index (χ4v) is 2.70. The van der Waals surface area contributed by atoms with E-state index in [1.807, 2.05) is 52.2 Å². The Balaban J connectivity index is 0.000000141. The van der Waals surface area contributed by atoms with Crippen LogP contribution in [0.25, 0.3) is 11.3 Å². The molecular formula is C16H16Cl2N6. The van der Waals surface area contributed by atoms with Gasteiger partial charge < -0.3 is 0 Å². The van der Waals surface area contributed by atoms with E-state index in [0.29, 0.717) is 10.3 Å². The molecule has 0 saturated heterocycles. The summed E-state index contributed by atoms with van der Waals surface area (Å²) >= 11 is 11.6. The van der Waals surface area contributed by atoms with Gasteiger partial charge in [-0.05, 0) is 51.0 Å². The summed E-state index contributed by atoms with van der Waals surface area (Å²) < 4.78 is 3.39. The van der Waals surface area contributed by atoms with Gasteiger partial charge >= 0.3 is 0 Å². The highest BCUT2D eigenvalue weighted by atomic mass is 35.5. The molecule has 0 aliphatic rings. The number of rotatable bonds is 0. The van der Waals surface area contributed by atoms with E-state index in [1.54, 1.807) is 9.03 Å². The van der Waals surface area contributed by atoms with Gasteiger partial charge in [0.2, 0.25) is 0 Å². The minimum atomic E-state index is 0.498. The van der Waals surface area contributed by atoms with Crippen molar-refractivity contribution in [2.75, 3.05) is 0 Å². The minimum Gasteiger partial charge on any atom is -0.232 e. The second-order valence-electron chi connectivity index (χ2n) is 5.60. The Morgan fingerprint density at radius 2 is 1.46 bits per heavy atom. The zero-order valence-electron chi connectivity index (χ0n) is 13.7. The van der Waals surface area contributed by atoms with Crippen LogP contribution in [0.5, 0.6) is 0 Å². The molecule has 4 rings (SSSR count). The third kappa shape index (κ3) is 3.34. The summed E-state index contributed by atoms with van der Waals surface area (Å²) in [6.45, 7) is 7.74. The summed E-state index contributed by atoms with van der Waals surface area (Å²) in [6.07, 6.45) is 3.70. The lowest BCUT2D eigenvalue weighted by molar-refractivity contribution is 0.926. The lowest BCUT2D eigenvalue weighted by Gasteiger charge is -1.96. The molecule has 4 aromatic heterocycles. The molecular weight excluding hydrogens is 347 g/mol. The van der Waals surface area contributed by atoms with Crippen molar-refractivity contribution in [3.05, 3.63) is 57.3 Å². The summed E-state index contributed by atoms with van der Waals surface area (Å²) in [5.41, 5.74) is 5.61. The van der Waals surface area contributed by atoms with Gasteiger partial charge in [0.05, 0.1) is 23.8 Å². The van der Waals surface area contributed by atoms with Gasteiger partial charge in [-0.1, -0.05) is 23.2 Å². The highest BCUT2D eigenvalue weighted by Gasteiger charge is 2.03. The molecule has 0 amide bonds. The van der Waals surface area contributed by atoms with Crippen molar-refractivity contribution < 1.29 is 0 Å². The molecule has 8 heteroatoms. The SMILES string of the molecule is Cc1cn2nc(Cl)c(C)cc2n1.Cc1cn2nc(Cl)cc(C)c2n1. The lowest BCUT2D eigenvalue weighted by Crippen LogP contribution is -1.92. The van der Waals surface area contributed by atoms with Crippen molar-refractivity contribution >= 4 is 34.5 Å². The molecule has 0 atom stereocenters. The van der Waals surface area contributed by atoms with Gasteiger partial charge in [-0.25, -0.2) is 19.0 Å². The van der Waals surface area contributed by atoms with Crippen LogP contribution >= 0.6 is 23.2 Å². The summed E-state index contributed by atoms with van der Waals surface area (Å²) in [6, 6.07) is 3.73. The molecule has 0 saturated carbocycles. The molecule has 0 radical (unpaired) electrons. The molecule has 124 valence electrons. The maximum absolute atomic E-state index is 5.84. The molecule has 6 nitrogen and oxygen atoms in total. The Morgan fingerprint density at radius 3 is 2.21 bits per heavy atom. The predicted octanol–water partition coefficient (Wildman–Crippen LogP) is 4.00. The minimum absolute atomic E-state index is 0.498. The first-order valence-corrected chi connectivity index (χ1v) is 8.07. The fraction of sp³-hybridized carbons (Fsp3) is 0.250. The smallest absolute Gasteiger partial charge is 0.156 e. The zero-order valence-corrected chi connectivity index (χ0v) is 15.3. The first-order chi connectivity index (χ1) is 11.3. The van der Waals surface area contributed by atoms with Crippen molar-refractivity contribution in [3.63, 3.8) is 0 Å². The molecule has 0 fully saturated rings. The molecule has 0 bridgehead atoms. The molecule has 4 heterocycles. The third-order valence-corrected chi connectivity index (χ3v) is 3.96. The Morgan fingerprint density at radius 1 is 0.792 bits per heavy atom. The van der Waals surface area contributed by atoms with Gasteiger partial charge in [0, 0.05) is 0 Å². The van der Waals surface area contributed by atoms with E-state index in [-0.39, 0.29) is 0 Å². The van der Waals surface area contributed by atoms with Crippen LogP contribution in [0.3, 0.4) is 0 Å². The van der Waals surface area contributed by atoms with Crippen molar-refractivity contribution in [1.29, 1.82) is 0 Å². The Bertz CT molecular complexity index is 995. The van der Waals surface area contributed by atoms with Gasteiger partial charge in [-0.15, -0.1) is 0 Å². The van der Waals surface area contributed by atoms with Crippen molar-refractivity contribution in [2.24, 2.45) is 0 Å². The second kappa shape index (κ2) is 6.37. The number of hydrogen-bond donors (Lipinski definition) is 0. The van der Waals surface area contributed by atoms with Gasteiger partial charge in [-0.2, -0.15) is 10.2 Å². The molecule has 24 heavy (non-hydrogen) atoms. The Hall–Kier alpha value is -2.18. The number of aromatic nitrogens is 6. The van der Waals surface area contributed by atoms with E-state index < -0.39 is 0 Å².